The first-order valence-electron chi connectivity index (χ1n) is 13.5. The Morgan fingerprint density at radius 3 is 1.31 bits per heavy atom. The lowest BCUT2D eigenvalue weighted by atomic mass is 9.92. The van der Waals surface area contributed by atoms with Crippen LogP contribution in [0.15, 0.2) is 12.2 Å². The van der Waals surface area contributed by atoms with E-state index < -0.39 is 0 Å². The van der Waals surface area contributed by atoms with E-state index in [0.717, 1.165) is 24.7 Å². The summed E-state index contributed by atoms with van der Waals surface area (Å²) >= 11 is 0. The van der Waals surface area contributed by atoms with Crippen LogP contribution in [0.3, 0.4) is 0 Å². The molecule has 0 nitrogen and oxygen atoms in total. The highest BCUT2D eigenvalue weighted by molar-refractivity contribution is 4.81. The van der Waals surface area contributed by atoms with Crippen LogP contribution in [0.1, 0.15) is 149 Å². The number of allylic oxidation sites excluding steroid dienone is 2. The topological polar surface area (TPSA) is 0 Å². The van der Waals surface area contributed by atoms with Crippen molar-refractivity contribution in [1.29, 1.82) is 0 Å². The maximum Gasteiger partial charge on any atom is -0.0351 e. The summed E-state index contributed by atoms with van der Waals surface area (Å²) in [5.41, 5.74) is 0. The zero-order valence-electron chi connectivity index (χ0n) is 20.6. The second kappa shape index (κ2) is 24.0. The fourth-order valence-corrected chi connectivity index (χ4v) is 4.49. The number of hydrogen-bond acceptors (Lipinski definition) is 0. The molecule has 29 heavy (non-hydrogen) atoms. The van der Waals surface area contributed by atoms with E-state index in [1.807, 2.05) is 0 Å². The van der Waals surface area contributed by atoms with E-state index in [4.69, 9.17) is 0 Å². The van der Waals surface area contributed by atoms with Crippen molar-refractivity contribution in [3.05, 3.63) is 26.0 Å². The van der Waals surface area contributed by atoms with Crippen molar-refractivity contribution in [1.82, 2.24) is 0 Å². The predicted molar refractivity (Wildman–Crippen MR) is 135 cm³/mol. The second-order valence-electron chi connectivity index (χ2n) is 9.35. The molecule has 0 N–H and O–H groups in total. The molecule has 172 valence electrons. The minimum absolute atomic E-state index is 0.966. The van der Waals surface area contributed by atoms with Gasteiger partial charge in [-0.15, -0.1) is 0 Å². The predicted octanol–water partition coefficient (Wildman–Crippen LogP) is 10.7. The summed E-state index contributed by atoms with van der Waals surface area (Å²) in [6.45, 7) is 12.6. The highest BCUT2D eigenvalue weighted by atomic mass is 14.1. The van der Waals surface area contributed by atoms with Gasteiger partial charge < -0.3 is 0 Å². The Balaban J connectivity index is 3.55. The second-order valence-corrected chi connectivity index (χ2v) is 9.35. The Labute approximate surface area is 186 Å². The maximum atomic E-state index is 3.94. The van der Waals surface area contributed by atoms with Gasteiger partial charge in [-0.3, -0.25) is 0 Å². The van der Waals surface area contributed by atoms with Crippen LogP contribution in [0, 0.1) is 25.7 Å². The number of unbranched alkanes of at least 4 members (excludes halogenated alkanes) is 11. The summed E-state index contributed by atoms with van der Waals surface area (Å²) in [6, 6.07) is 0. The first-order valence-corrected chi connectivity index (χ1v) is 13.5. The Kier molecular flexibility index (Phi) is 23.8. The van der Waals surface area contributed by atoms with Crippen LogP contribution in [0.5, 0.6) is 0 Å². The maximum absolute atomic E-state index is 3.94. The third-order valence-corrected chi connectivity index (χ3v) is 6.76. The Hall–Kier alpha value is -0.260. The third-order valence-electron chi connectivity index (χ3n) is 6.76. The van der Waals surface area contributed by atoms with Gasteiger partial charge in [0.2, 0.25) is 0 Å². The van der Waals surface area contributed by atoms with Crippen LogP contribution in [0.2, 0.25) is 0 Å². The van der Waals surface area contributed by atoms with Crippen molar-refractivity contribution >= 4 is 0 Å². The van der Waals surface area contributed by atoms with Crippen LogP contribution < -0.4 is 0 Å². The smallest absolute Gasteiger partial charge is 0.0351 e. The van der Waals surface area contributed by atoms with Gasteiger partial charge in [0.05, 0.1) is 0 Å². The molecule has 2 atom stereocenters. The molecule has 0 heteroatoms. The summed E-state index contributed by atoms with van der Waals surface area (Å²) in [5.74, 6) is 1.94. The summed E-state index contributed by atoms with van der Waals surface area (Å²) in [7, 11) is 0. The molecule has 0 aromatic heterocycles. The zero-order valence-corrected chi connectivity index (χ0v) is 20.6. The summed E-state index contributed by atoms with van der Waals surface area (Å²) in [5, 5.41) is 0. The Morgan fingerprint density at radius 1 is 0.483 bits per heavy atom. The Bertz CT molecular complexity index is 316. The van der Waals surface area contributed by atoms with Gasteiger partial charge >= 0.3 is 0 Å². The third kappa shape index (κ3) is 20.8. The van der Waals surface area contributed by atoms with E-state index in [0.29, 0.717) is 0 Å². The molecule has 0 aromatic rings. The van der Waals surface area contributed by atoms with Crippen LogP contribution in [-0.4, -0.2) is 0 Å². The molecule has 0 saturated carbocycles. The van der Waals surface area contributed by atoms with Gasteiger partial charge in [0.1, 0.15) is 0 Å². The monoisotopic (exact) mass is 404 g/mol. The SMILES string of the molecule is [CH2]CCCCCCC(CC)CCCC=CCCCCC(CC)CCCCCC[CH2]. The Morgan fingerprint density at radius 2 is 0.862 bits per heavy atom. The average molecular weight is 405 g/mol. The largest absolute Gasteiger partial charge is 0.0885 e. The normalized spacial score (nSPS) is 13.9. The minimum atomic E-state index is 0.966. The molecule has 0 aliphatic carbocycles. The van der Waals surface area contributed by atoms with Gasteiger partial charge in [0.15, 0.2) is 0 Å². The minimum Gasteiger partial charge on any atom is -0.0885 e. The highest BCUT2D eigenvalue weighted by Gasteiger charge is 2.06. The van der Waals surface area contributed by atoms with Crippen molar-refractivity contribution in [2.24, 2.45) is 11.8 Å². The van der Waals surface area contributed by atoms with Crippen LogP contribution >= 0.6 is 0 Å². The van der Waals surface area contributed by atoms with Crippen LogP contribution in [0.25, 0.3) is 0 Å². The molecule has 0 rings (SSSR count). The van der Waals surface area contributed by atoms with Gasteiger partial charge in [0.25, 0.3) is 0 Å². The quantitative estimate of drug-likeness (QED) is 0.117. The van der Waals surface area contributed by atoms with Crippen molar-refractivity contribution in [2.75, 3.05) is 0 Å². The molecule has 0 heterocycles. The van der Waals surface area contributed by atoms with E-state index in [1.54, 1.807) is 0 Å². The van der Waals surface area contributed by atoms with Crippen molar-refractivity contribution in [2.45, 2.75) is 149 Å². The van der Waals surface area contributed by atoms with Crippen LogP contribution in [0.4, 0.5) is 0 Å². The summed E-state index contributed by atoms with van der Waals surface area (Å²) in [4.78, 5) is 0. The molecular formula is C29H56. The van der Waals surface area contributed by atoms with Crippen LogP contribution in [-0.2, 0) is 0 Å². The average Bonchev–Trinajstić information content (AvgIpc) is 2.74. The molecule has 2 radical (unpaired) electrons. The molecule has 0 amide bonds. The first-order chi connectivity index (χ1) is 14.3. The van der Waals surface area contributed by atoms with Crippen molar-refractivity contribution in [3.63, 3.8) is 0 Å². The molecule has 0 aromatic carbocycles. The van der Waals surface area contributed by atoms with Gasteiger partial charge in [-0.05, 0) is 37.5 Å². The van der Waals surface area contributed by atoms with Gasteiger partial charge in [-0.1, -0.05) is 149 Å². The molecule has 0 fully saturated rings. The summed E-state index contributed by atoms with van der Waals surface area (Å²) in [6.07, 6.45) is 33.6. The molecular weight excluding hydrogens is 348 g/mol. The lowest BCUT2D eigenvalue weighted by molar-refractivity contribution is 0.398. The summed E-state index contributed by atoms with van der Waals surface area (Å²) < 4.78 is 0. The van der Waals surface area contributed by atoms with Gasteiger partial charge in [-0.2, -0.15) is 0 Å². The molecule has 0 aliphatic heterocycles. The van der Waals surface area contributed by atoms with E-state index >= 15 is 0 Å². The molecule has 2 unspecified atom stereocenters. The van der Waals surface area contributed by atoms with E-state index in [9.17, 15) is 0 Å². The first kappa shape index (κ1) is 28.7. The fraction of sp³-hybridized carbons (Fsp3) is 0.862. The molecule has 0 saturated heterocycles. The fourth-order valence-electron chi connectivity index (χ4n) is 4.49. The van der Waals surface area contributed by atoms with E-state index in [1.165, 1.54) is 122 Å². The molecule has 0 aliphatic rings. The lowest BCUT2D eigenvalue weighted by Gasteiger charge is -2.14. The lowest BCUT2D eigenvalue weighted by Crippen LogP contribution is -1.99. The van der Waals surface area contributed by atoms with Gasteiger partial charge in [-0.25, -0.2) is 0 Å². The highest BCUT2D eigenvalue weighted by Crippen LogP contribution is 2.22. The van der Waals surface area contributed by atoms with Gasteiger partial charge in [0, 0.05) is 0 Å². The zero-order chi connectivity index (χ0) is 21.4. The number of rotatable bonds is 23. The van der Waals surface area contributed by atoms with E-state index in [-0.39, 0.29) is 0 Å². The molecule has 0 bridgehead atoms. The van der Waals surface area contributed by atoms with Crippen molar-refractivity contribution in [3.8, 4) is 0 Å². The van der Waals surface area contributed by atoms with Crippen molar-refractivity contribution < 1.29 is 0 Å². The molecule has 0 spiro atoms. The number of hydrogen-bond donors (Lipinski definition) is 0. The standard InChI is InChI=1S/C29H56/c1-5-9-11-16-20-24-28(7-3)26-22-18-14-13-15-19-23-27-29(8-4)25-21-17-12-10-6-2/h13-14,28-29H,1-2,5-12,15-27H2,3-4H3. The van der Waals surface area contributed by atoms with E-state index in [2.05, 4.69) is 39.8 Å².